The smallest absolute Gasteiger partial charge is 0.279 e. The summed E-state index contributed by atoms with van der Waals surface area (Å²) in [7, 11) is -3.28. The average molecular weight is 289 g/mol. The molecule has 1 N–H and O–H groups in total. The maximum absolute atomic E-state index is 12.0. The molecule has 2 fully saturated rings. The van der Waals surface area contributed by atoms with Crippen molar-refractivity contribution >= 4 is 10.2 Å². The summed E-state index contributed by atoms with van der Waals surface area (Å²) in [5.74, 6) is 1.78. The van der Waals surface area contributed by atoms with Crippen molar-refractivity contribution in [2.45, 2.75) is 39.7 Å². The number of nitrogens with one attached hydrogen (secondary N) is 1. The molecule has 1 heterocycles. The second-order valence-corrected chi connectivity index (χ2v) is 7.84. The van der Waals surface area contributed by atoms with Crippen LogP contribution in [0.5, 0.6) is 0 Å². The summed E-state index contributed by atoms with van der Waals surface area (Å²) in [4.78, 5) is 2.42. The molecule has 1 saturated heterocycles. The second kappa shape index (κ2) is 6.08. The van der Waals surface area contributed by atoms with Crippen LogP contribution in [0.25, 0.3) is 0 Å². The Kier molecular flexibility index (Phi) is 4.87. The molecule has 0 radical (unpaired) electrons. The highest BCUT2D eigenvalue weighted by molar-refractivity contribution is 7.87. The first kappa shape index (κ1) is 15.2. The van der Waals surface area contributed by atoms with Crippen molar-refractivity contribution in [2.24, 2.45) is 11.8 Å². The molecule has 0 bridgehead atoms. The van der Waals surface area contributed by atoms with Crippen LogP contribution in [0.15, 0.2) is 0 Å². The number of rotatable bonds is 6. The Bertz CT molecular complexity index is 389. The quantitative estimate of drug-likeness (QED) is 0.790. The van der Waals surface area contributed by atoms with E-state index >= 15 is 0 Å². The van der Waals surface area contributed by atoms with Gasteiger partial charge in [0, 0.05) is 38.8 Å². The van der Waals surface area contributed by atoms with Gasteiger partial charge in [0.2, 0.25) is 0 Å². The molecular weight excluding hydrogens is 262 g/mol. The van der Waals surface area contributed by atoms with Gasteiger partial charge >= 0.3 is 0 Å². The van der Waals surface area contributed by atoms with E-state index in [2.05, 4.69) is 16.5 Å². The van der Waals surface area contributed by atoms with E-state index < -0.39 is 10.2 Å². The van der Waals surface area contributed by atoms with Crippen LogP contribution in [0.2, 0.25) is 0 Å². The van der Waals surface area contributed by atoms with E-state index in [1.165, 1.54) is 12.8 Å². The lowest BCUT2D eigenvalue weighted by atomic mass is 10.2. The number of nitrogens with zero attached hydrogens (tertiary/aromatic N) is 2. The van der Waals surface area contributed by atoms with Crippen LogP contribution in [-0.4, -0.2) is 56.4 Å². The third kappa shape index (κ3) is 4.15. The molecule has 0 amide bonds. The largest absolute Gasteiger partial charge is 0.300 e. The van der Waals surface area contributed by atoms with Crippen molar-refractivity contribution in [1.82, 2.24) is 13.9 Å². The molecule has 0 unspecified atom stereocenters. The summed E-state index contributed by atoms with van der Waals surface area (Å²) in [6, 6.07) is -0.0418. The highest BCUT2D eigenvalue weighted by atomic mass is 32.2. The van der Waals surface area contributed by atoms with Crippen LogP contribution in [0.3, 0.4) is 0 Å². The molecule has 0 aromatic rings. The van der Waals surface area contributed by atoms with Crippen molar-refractivity contribution in [3.63, 3.8) is 0 Å². The van der Waals surface area contributed by atoms with Gasteiger partial charge in [-0.2, -0.15) is 17.4 Å². The van der Waals surface area contributed by atoms with Gasteiger partial charge in [-0.3, -0.25) is 0 Å². The second-order valence-electron chi connectivity index (χ2n) is 6.14. The van der Waals surface area contributed by atoms with Crippen molar-refractivity contribution in [2.75, 3.05) is 32.7 Å². The molecule has 0 aromatic carbocycles. The van der Waals surface area contributed by atoms with E-state index in [1.807, 2.05) is 13.8 Å². The topological polar surface area (TPSA) is 52.7 Å². The summed E-state index contributed by atoms with van der Waals surface area (Å²) >= 11 is 0. The Hall–Kier alpha value is -0.170. The highest BCUT2D eigenvalue weighted by Gasteiger charge is 2.37. The first-order valence-corrected chi connectivity index (χ1v) is 8.86. The average Bonchev–Trinajstić information content (AvgIpc) is 3.06. The highest BCUT2D eigenvalue weighted by Crippen LogP contribution is 2.41. The van der Waals surface area contributed by atoms with Crippen molar-refractivity contribution < 1.29 is 8.42 Å². The maximum Gasteiger partial charge on any atom is 0.279 e. The van der Waals surface area contributed by atoms with E-state index in [4.69, 9.17) is 0 Å². The van der Waals surface area contributed by atoms with E-state index in [9.17, 15) is 8.42 Å². The number of hydrogen-bond donors (Lipinski definition) is 1. The molecule has 1 aliphatic carbocycles. The van der Waals surface area contributed by atoms with E-state index in [0.717, 1.165) is 31.5 Å². The maximum atomic E-state index is 12.0. The third-order valence-electron chi connectivity index (χ3n) is 4.14. The molecule has 2 rings (SSSR count). The first-order chi connectivity index (χ1) is 8.92. The van der Waals surface area contributed by atoms with Crippen LogP contribution in [0.4, 0.5) is 0 Å². The monoisotopic (exact) mass is 289 g/mol. The zero-order valence-corrected chi connectivity index (χ0v) is 13.1. The molecular formula is C13H27N3O2S. The number of hydrogen-bond acceptors (Lipinski definition) is 3. The normalized spacial score (nSPS) is 29.9. The van der Waals surface area contributed by atoms with Crippen LogP contribution in [0, 0.1) is 11.8 Å². The van der Waals surface area contributed by atoms with Gasteiger partial charge in [-0.25, -0.2) is 0 Å². The first-order valence-electron chi connectivity index (χ1n) is 7.42. The lowest BCUT2D eigenvalue weighted by Gasteiger charge is -2.34. The Morgan fingerprint density at radius 1 is 1.16 bits per heavy atom. The van der Waals surface area contributed by atoms with Crippen LogP contribution in [0.1, 0.15) is 33.6 Å². The summed E-state index contributed by atoms with van der Waals surface area (Å²) in [5, 5.41) is 0. The van der Waals surface area contributed by atoms with Gasteiger partial charge in [-0.15, -0.1) is 0 Å². The van der Waals surface area contributed by atoms with Gasteiger partial charge in [-0.05, 0) is 32.1 Å². The van der Waals surface area contributed by atoms with E-state index in [0.29, 0.717) is 13.1 Å². The van der Waals surface area contributed by atoms with Gasteiger partial charge in [0.15, 0.2) is 0 Å². The minimum atomic E-state index is -3.28. The summed E-state index contributed by atoms with van der Waals surface area (Å²) < 4.78 is 28.3. The van der Waals surface area contributed by atoms with E-state index in [1.54, 1.807) is 4.31 Å². The molecule has 0 spiro atoms. The predicted molar refractivity (Wildman–Crippen MR) is 77.1 cm³/mol. The van der Waals surface area contributed by atoms with Crippen LogP contribution < -0.4 is 4.72 Å². The lowest BCUT2D eigenvalue weighted by Crippen LogP contribution is -2.53. The fourth-order valence-electron chi connectivity index (χ4n) is 2.89. The number of piperazine rings is 1. The minimum Gasteiger partial charge on any atom is -0.300 e. The minimum absolute atomic E-state index is 0.0418. The molecule has 1 saturated carbocycles. The Labute approximate surface area is 117 Å². The third-order valence-corrected chi connectivity index (χ3v) is 5.96. The summed E-state index contributed by atoms with van der Waals surface area (Å²) in [6.45, 7) is 10.1. The predicted octanol–water partition coefficient (Wildman–Crippen LogP) is 0.893. The van der Waals surface area contributed by atoms with Crippen LogP contribution in [-0.2, 0) is 10.2 Å². The van der Waals surface area contributed by atoms with Crippen molar-refractivity contribution in [3.05, 3.63) is 0 Å². The molecule has 112 valence electrons. The Balaban J connectivity index is 1.76. The lowest BCUT2D eigenvalue weighted by molar-refractivity contribution is 0.178. The Morgan fingerprint density at radius 2 is 1.79 bits per heavy atom. The zero-order chi connectivity index (χ0) is 14.0. The summed E-state index contributed by atoms with van der Waals surface area (Å²) in [5.41, 5.74) is 0. The molecule has 2 atom stereocenters. The zero-order valence-electron chi connectivity index (χ0n) is 12.3. The fraction of sp³-hybridized carbons (Fsp3) is 1.00. The molecule has 0 aromatic heterocycles. The van der Waals surface area contributed by atoms with Gasteiger partial charge in [0.1, 0.15) is 0 Å². The van der Waals surface area contributed by atoms with E-state index in [-0.39, 0.29) is 6.04 Å². The molecule has 19 heavy (non-hydrogen) atoms. The Morgan fingerprint density at radius 3 is 2.26 bits per heavy atom. The van der Waals surface area contributed by atoms with Crippen molar-refractivity contribution in [3.8, 4) is 0 Å². The summed E-state index contributed by atoms with van der Waals surface area (Å²) in [6.07, 6.45) is 2.65. The fourth-order valence-corrected chi connectivity index (χ4v) is 4.28. The van der Waals surface area contributed by atoms with Gasteiger partial charge < -0.3 is 4.90 Å². The van der Waals surface area contributed by atoms with Gasteiger partial charge in [0.05, 0.1) is 0 Å². The SMILES string of the molecule is CC[C@H]1C[C@@H]1CN1CCN(S(=O)(=O)NC(C)C)CC1. The molecule has 6 heteroatoms. The molecule has 5 nitrogen and oxygen atoms in total. The van der Waals surface area contributed by atoms with Crippen molar-refractivity contribution in [1.29, 1.82) is 0 Å². The van der Waals surface area contributed by atoms with Gasteiger partial charge in [0.25, 0.3) is 10.2 Å². The van der Waals surface area contributed by atoms with Gasteiger partial charge in [-0.1, -0.05) is 13.3 Å². The molecule has 1 aliphatic heterocycles. The van der Waals surface area contributed by atoms with Crippen LogP contribution >= 0.6 is 0 Å². The molecule has 2 aliphatic rings. The standard InChI is InChI=1S/C13H27N3O2S/c1-4-12-9-13(12)10-15-5-7-16(8-6-15)19(17,18)14-11(2)3/h11-14H,4-10H2,1-3H3/t12-,13+/m0/s1.